The van der Waals surface area contributed by atoms with Crippen molar-refractivity contribution in [2.75, 3.05) is 18.0 Å². The van der Waals surface area contributed by atoms with Crippen LogP contribution in [0.2, 0.25) is 5.02 Å². The molecule has 2 nitrogen and oxygen atoms in total. The zero-order valence-corrected chi connectivity index (χ0v) is 11.3. The van der Waals surface area contributed by atoms with Crippen molar-refractivity contribution in [2.24, 2.45) is 0 Å². The van der Waals surface area contributed by atoms with Gasteiger partial charge in [0, 0.05) is 13.1 Å². The lowest BCUT2D eigenvalue weighted by atomic mass is 10.1. The van der Waals surface area contributed by atoms with Crippen molar-refractivity contribution in [1.82, 2.24) is 0 Å². The molecule has 0 amide bonds. The van der Waals surface area contributed by atoms with E-state index in [4.69, 9.17) is 16.9 Å². The van der Waals surface area contributed by atoms with Gasteiger partial charge in [-0.3, -0.25) is 0 Å². The molecule has 2 rings (SSSR count). The first kappa shape index (κ1) is 11.9. The molecule has 1 heterocycles. The lowest BCUT2D eigenvalue weighted by molar-refractivity contribution is 0.620. The lowest BCUT2D eigenvalue weighted by Gasteiger charge is -2.20. The van der Waals surface area contributed by atoms with Crippen LogP contribution in [0.5, 0.6) is 0 Å². The van der Waals surface area contributed by atoms with E-state index in [1.807, 2.05) is 22.6 Å². The Kier molecular flexibility index (Phi) is 3.55. The summed E-state index contributed by atoms with van der Waals surface area (Å²) in [6, 6.07) is 3.62. The Morgan fingerprint density at radius 1 is 1.44 bits per heavy atom. The summed E-state index contributed by atoms with van der Waals surface area (Å²) in [6.45, 7) is 1.82. The quantitative estimate of drug-likeness (QED) is 0.572. The zero-order valence-electron chi connectivity index (χ0n) is 8.43. The average Bonchev–Trinajstić information content (AvgIpc) is 2.79. The molecular weight excluding hydrogens is 341 g/mol. The van der Waals surface area contributed by atoms with Gasteiger partial charge in [0.25, 0.3) is 0 Å². The fraction of sp³-hybridized carbons (Fsp3) is 0.364. The first-order valence-corrected chi connectivity index (χ1v) is 6.43. The molecule has 16 heavy (non-hydrogen) atoms. The Labute approximate surface area is 112 Å². The maximum atomic E-state index is 13.5. The number of rotatable bonds is 1. The number of benzene rings is 1. The van der Waals surface area contributed by atoms with Gasteiger partial charge in [-0.1, -0.05) is 11.6 Å². The van der Waals surface area contributed by atoms with Crippen LogP contribution in [0.25, 0.3) is 0 Å². The number of nitriles is 1. The molecular formula is C11H9ClFIN2. The van der Waals surface area contributed by atoms with E-state index in [9.17, 15) is 4.39 Å². The fourth-order valence-electron chi connectivity index (χ4n) is 1.90. The van der Waals surface area contributed by atoms with Crippen LogP contribution in [0, 0.1) is 20.7 Å². The van der Waals surface area contributed by atoms with Gasteiger partial charge < -0.3 is 4.90 Å². The first-order valence-electron chi connectivity index (χ1n) is 4.97. The van der Waals surface area contributed by atoms with Crippen molar-refractivity contribution in [3.8, 4) is 6.07 Å². The maximum absolute atomic E-state index is 13.5. The van der Waals surface area contributed by atoms with Crippen molar-refractivity contribution in [3.05, 3.63) is 26.0 Å². The van der Waals surface area contributed by atoms with E-state index in [0.29, 0.717) is 9.13 Å². The minimum absolute atomic E-state index is 0.0882. The largest absolute Gasteiger partial charge is 0.370 e. The Hall–Kier alpha value is -0.540. The number of halogens is 3. The molecule has 84 valence electrons. The van der Waals surface area contributed by atoms with E-state index in [-0.39, 0.29) is 5.02 Å². The average molecular weight is 351 g/mol. The van der Waals surface area contributed by atoms with Crippen LogP contribution in [0.15, 0.2) is 6.07 Å². The van der Waals surface area contributed by atoms with E-state index >= 15 is 0 Å². The van der Waals surface area contributed by atoms with Crippen molar-refractivity contribution in [2.45, 2.75) is 12.8 Å². The molecule has 0 saturated carbocycles. The molecule has 1 saturated heterocycles. The number of hydrogen-bond donors (Lipinski definition) is 0. The summed E-state index contributed by atoms with van der Waals surface area (Å²) in [5, 5.41) is 9.17. The highest BCUT2D eigenvalue weighted by molar-refractivity contribution is 14.1. The van der Waals surface area contributed by atoms with Crippen LogP contribution in [-0.4, -0.2) is 13.1 Å². The van der Waals surface area contributed by atoms with Gasteiger partial charge in [-0.05, 0) is 41.5 Å². The summed E-state index contributed by atoms with van der Waals surface area (Å²) in [4.78, 5) is 2.09. The molecule has 0 radical (unpaired) electrons. The Morgan fingerprint density at radius 3 is 2.62 bits per heavy atom. The van der Waals surface area contributed by atoms with Gasteiger partial charge >= 0.3 is 0 Å². The van der Waals surface area contributed by atoms with Crippen molar-refractivity contribution >= 4 is 39.9 Å². The third-order valence-corrected chi connectivity index (χ3v) is 3.99. The van der Waals surface area contributed by atoms with E-state index < -0.39 is 5.82 Å². The molecule has 0 unspecified atom stereocenters. The van der Waals surface area contributed by atoms with Crippen LogP contribution in [0.4, 0.5) is 10.1 Å². The number of hydrogen-bond acceptors (Lipinski definition) is 2. The number of anilines is 1. The molecule has 1 aliphatic rings. The van der Waals surface area contributed by atoms with E-state index in [0.717, 1.165) is 31.6 Å². The highest BCUT2D eigenvalue weighted by atomic mass is 127. The van der Waals surface area contributed by atoms with Crippen LogP contribution in [-0.2, 0) is 0 Å². The van der Waals surface area contributed by atoms with Gasteiger partial charge in [-0.25, -0.2) is 4.39 Å². The third-order valence-electron chi connectivity index (χ3n) is 2.70. The van der Waals surface area contributed by atoms with Gasteiger partial charge in [0.05, 0.1) is 19.8 Å². The Morgan fingerprint density at radius 2 is 2.06 bits per heavy atom. The molecule has 1 aromatic carbocycles. The minimum Gasteiger partial charge on any atom is -0.370 e. The molecule has 0 atom stereocenters. The standard InChI is InChI=1S/C11H9ClFIN2/c12-8-5-9(16-3-1-2-4-16)7(6-15)11(14)10(8)13/h5H,1-4H2. The van der Waals surface area contributed by atoms with Crippen LogP contribution < -0.4 is 4.90 Å². The van der Waals surface area contributed by atoms with Gasteiger partial charge in [0.1, 0.15) is 6.07 Å². The summed E-state index contributed by atoms with van der Waals surface area (Å²) in [5.74, 6) is -0.498. The maximum Gasteiger partial charge on any atom is 0.156 e. The molecule has 0 aromatic heterocycles. The number of nitrogens with zero attached hydrogens (tertiary/aromatic N) is 2. The SMILES string of the molecule is N#Cc1c(N2CCCC2)cc(Cl)c(F)c1I. The second-order valence-corrected chi connectivity index (χ2v) is 5.17. The monoisotopic (exact) mass is 350 g/mol. The second-order valence-electron chi connectivity index (χ2n) is 3.69. The van der Waals surface area contributed by atoms with Crippen LogP contribution in [0.3, 0.4) is 0 Å². The molecule has 0 aliphatic carbocycles. The highest BCUT2D eigenvalue weighted by Gasteiger charge is 2.21. The van der Waals surface area contributed by atoms with Crippen molar-refractivity contribution < 1.29 is 4.39 Å². The molecule has 1 fully saturated rings. The Balaban J connectivity index is 2.56. The zero-order chi connectivity index (χ0) is 11.7. The van der Waals surface area contributed by atoms with E-state index in [1.165, 1.54) is 0 Å². The third kappa shape index (κ3) is 1.98. The molecule has 0 bridgehead atoms. The van der Waals surface area contributed by atoms with Crippen LogP contribution >= 0.6 is 34.2 Å². The summed E-state index contributed by atoms with van der Waals surface area (Å²) in [7, 11) is 0. The molecule has 5 heteroatoms. The van der Waals surface area contributed by atoms with Gasteiger partial charge in [0.15, 0.2) is 5.82 Å². The first-order chi connectivity index (χ1) is 7.65. The highest BCUT2D eigenvalue weighted by Crippen LogP contribution is 2.33. The molecule has 1 aliphatic heterocycles. The normalized spacial score (nSPS) is 15.2. The second kappa shape index (κ2) is 4.76. The summed E-state index contributed by atoms with van der Waals surface area (Å²) in [5.41, 5.74) is 1.15. The topological polar surface area (TPSA) is 27.0 Å². The minimum atomic E-state index is -0.498. The smallest absolute Gasteiger partial charge is 0.156 e. The summed E-state index contributed by atoms with van der Waals surface area (Å²) < 4.78 is 13.9. The molecule has 0 spiro atoms. The van der Waals surface area contributed by atoms with Crippen LogP contribution in [0.1, 0.15) is 18.4 Å². The summed E-state index contributed by atoms with van der Waals surface area (Å²) in [6.07, 6.45) is 2.22. The van der Waals surface area contributed by atoms with Gasteiger partial charge in [-0.15, -0.1) is 0 Å². The predicted molar refractivity (Wildman–Crippen MR) is 70.3 cm³/mol. The Bertz CT molecular complexity index is 464. The van der Waals surface area contributed by atoms with Crippen molar-refractivity contribution in [3.63, 3.8) is 0 Å². The molecule has 0 N–H and O–H groups in total. The van der Waals surface area contributed by atoms with Gasteiger partial charge in [0.2, 0.25) is 0 Å². The fourth-order valence-corrected chi connectivity index (χ4v) is 2.94. The summed E-state index contributed by atoms with van der Waals surface area (Å²) >= 11 is 7.64. The van der Waals surface area contributed by atoms with Gasteiger partial charge in [-0.2, -0.15) is 5.26 Å². The lowest BCUT2D eigenvalue weighted by Crippen LogP contribution is -2.19. The predicted octanol–water partition coefficient (Wildman–Crippen LogP) is 3.56. The molecule has 1 aromatic rings. The van der Waals surface area contributed by atoms with E-state index in [2.05, 4.69) is 11.0 Å². The van der Waals surface area contributed by atoms with E-state index in [1.54, 1.807) is 6.07 Å². The van der Waals surface area contributed by atoms with Crippen molar-refractivity contribution in [1.29, 1.82) is 5.26 Å².